The molecule has 0 fully saturated rings. The number of hydrogen-bond donors (Lipinski definition) is 2. The first kappa shape index (κ1) is 10.6. The van der Waals surface area contributed by atoms with Crippen LogP contribution in [0, 0.1) is 0 Å². The molecule has 0 spiro atoms. The van der Waals surface area contributed by atoms with E-state index in [9.17, 15) is 9.00 Å². The molecule has 0 heterocycles. The number of nitrogens with zero attached hydrogens (tertiary/aromatic N) is 1. The second-order valence-corrected chi connectivity index (χ2v) is 4.01. The lowest BCUT2D eigenvalue weighted by Gasteiger charge is -2.11. The van der Waals surface area contributed by atoms with Crippen molar-refractivity contribution < 1.29 is 22.8 Å². The Morgan fingerprint density at radius 1 is 1.82 bits per heavy atom. The monoisotopic (exact) mass is 201 g/mol. The van der Waals surface area contributed by atoms with E-state index in [0.717, 1.165) is 0 Å². The van der Waals surface area contributed by atoms with Gasteiger partial charge in [-0.25, -0.2) is 8.98 Å². The zero-order chi connectivity index (χ0) is 9.07. The number of carbonyl (C=O) groups is 1. The van der Waals surface area contributed by atoms with E-state index in [0.29, 0.717) is 4.90 Å². The molecule has 0 saturated carbocycles. The molecule has 0 bridgehead atoms. The molecule has 8 heteroatoms. The van der Waals surface area contributed by atoms with Crippen molar-refractivity contribution in [3.05, 3.63) is 0 Å². The fourth-order valence-electron chi connectivity index (χ4n) is 0.201. The number of rotatable bonds is 3. The highest BCUT2D eigenvalue weighted by Gasteiger charge is 2.07. The summed E-state index contributed by atoms with van der Waals surface area (Å²) in [6.45, 7) is -0.520. The Bertz CT molecular complexity index is 234. The van der Waals surface area contributed by atoms with Crippen molar-refractivity contribution >= 4 is 26.3 Å². The van der Waals surface area contributed by atoms with Crippen LogP contribution in [0.5, 0.6) is 0 Å². The van der Waals surface area contributed by atoms with Crippen LogP contribution in [0.3, 0.4) is 0 Å². The maximum atomic E-state index is 10.2. The van der Waals surface area contributed by atoms with Crippen molar-refractivity contribution in [2.45, 2.75) is 0 Å². The van der Waals surface area contributed by atoms with Crippen LogP contribution in [0.25, 0.3) is 0 Å². The summed E-state index contributed by atoms with van der Waals surface area (Å²) in [5.41, 5.74) is 0. The summed E-state index contributed by atoms with van der Waals surface area (Å²) < 4.78 is 22.7. The summed E-state index contributed by atoms with van der Waals surface area (Å²) >= 11 is 3.93. The minimum absolute atomic E-state index is 0.520. The van der Waals surface area contributed by atoms with Crippen molar-refractivity contribution in [1.82, 2.24) is 4.90 Å². The van der Waals surface area contributed by atoms with Crippen LogP contribution in [0.1, 0.15) is 0 Å². The van der Waals surface area contributed by atoms with Gasteiger partial charge in [0, 0.05) is 18.2 Å². The Labute approximate surface area is 68.5 Å². The molecule has 0 radical (unpaired) electrons. The third-order valence-electron chi connectivity index (χ3n) is 0.722. The Morgan fingerprint density at radius 2 is 2.27 bits per heavy atom. The normalized spacial score (nSPS) is 15.5. The molecule has 66 valence electrons. The van der Waals surface area contributed by atoms with Gasteiger partial charge in [0.2, 0.25) is 0 Å². The Kier molecular flexibility index (Phi) is 3.66. The van der Waals surface area contributed by atoms with Crippen LogP contribution >= 0.6 is 0 Å². The van der Waals surface area contributed by atoms with Gasteiger partial charge in [-0.2, -0.15) is 4.21 Å². The van der Waals surface area contributed by atoms with Gasteiger partial charge in [-0.3, -0.25) is 9.45 Å². The molecule has 0 aliphatic heterocycles. The molecule has 1 unspecified atom stereocenters. The molecular formula is C3H7NO5S2. The Balaban J connectivity index is 3.82. The zero-order valence-corrected chi connectivity index (χ0v) is 7.22. The van der Waals surface area contributed by atoms with Crippen LogP contribution in [0.15, 0.2) is 0 Å². The zero-order valence-electron chi connectivity index (χ0n) is 5.59. The first-order chi connectivity index (χ1) is 4.83. The van der Waals surface area contributed by atoms with E-state index in [1.807, 2.05) is 0 Å². The lowest BCUT2D eigenvalue weighted by Crippen LogP contribution is -2.28. The summed E-state index contributed by atoms with van der Waals surface area (Å²) in [4.78, 5) is 10.7. The summed E-state index contributed by atoms with van der Waals surface area (Å²) in [6.07, 6.45) is -1.26. The van der Waals surface area contributed by atoms with Gasteiger partial charge in [0.1, 0.15) is 6.73 Å². The highest BCUT2D eigenvalue weighted by Crippen LogP contribution is 1.90. The molecule has 11 heavy (non-hydrogen) atoms. The molecule has 1 atom stereocenters. The molecule has 0 rings (SSSR count). The van der Waals surface area contributed by atoms with Crippen LogP contribution in [-0.4, -0.2) is 38.6 Å². The van der Waals surface area contributed by atoms with Gasteiger partial charge in [0.05, 0.1) is 0 Å². The maximum absolute atomic E-state index is 10.2. The molecule has 6 nitrogen and oxygen atoms in total. The SMILES string of the molecule is CN(COS(=O)(O)=S)C(=O)O. The van der Waals surface area contributed by atoms with Crippen LogP contribution in [0.2, 0.25) is 0 Å². The molecule has 0 aromatic carbocycles. The van der Waals surface area contributed by atoms with Crippen molar-refractivity contribution in [1.29, 1.82) is 0 Å². The number of hydrogen-bond acceptors (Lipinski definition) is 4. The average molecular weight is 201 g/mol. The lowest BCUT2D eigenvalue weighted by molar-refractivity contribution is 0.116. The van der Waals surface area contributed by atoms with Gasteiger partial charge in [-0.1, -0.05) is 0 Å². The van der Waals surface area contributed by atoms with E-state index >= 15 is 0 Å². The van der Waals surface area contributed by atoms with Crippen LogP contribution < -0.4 is 0 Å². The summed E-state index contributed by atoms with van der Waals surface area (Å²) in [7, 11) is -2.54. The lowest BCUT2D eigenvalue weighted by atomic mass is 10.9. The highest BCUT2D eigenvalue weighted by molar-refractivity contribution is 8.27. The van der Waals surface area contributed by atoms with Gasteiger partial charge in [-0.05, 0) is 0 Å². The van der Waals surface area contributed by atoms with Gasteiger partial charge in [0.25, 0.3) is 9.05 Å². The summed E-state index contributed by atoms with van der Waals surface area (Å²) in [5, 5.41) is 8.22. The standard InChI is InChI=1S/C3H7NO5S2/c1-4(3(5)6)2-9-11(7,8)10/h2H2,1H3,(H,5,6)(H,7,8,10). The second-order valence-electron chi connectivity index (χ2n) is 1.66. The second kappa shape index (κ2) is 3.81. The van der Waals surface area contributed by atoms with Crippen LogP contribution in [-0.2, 0) is 24.4 Å². The average Bonchev–Trinajstić information content (AvgIpc) is 1.80. The van der Waals surface area contributed by atoms with Crippen molar-refractivity contribution in [2.75, 3.05) is 13.8 Å². The summed E-state index contributed by atoms with van der Waals surface area (Å²) in [6, 6.07) is 0. The largest absolute Gasteiger partial charge is 0.465 e. The molecule has 0 aliphatic carbocycles. The minimum atomic E-state index is -3.72. The van der Waals surface area contributed by atoms with Gasteiger partial charge >= 0.3 is 6.09 Å². The quantitative estimate of drug-likeness (QED) is 0.610. The number of amides is 1. The first-order valence-electron chi connectivity index (χ1n) is 2.39. The third kappa shape index (κ3) is 5.98. The van der Waals surface area contributed by atoms with Gasteiger partial charge in [0.15, 0.2) is 0 Å². The van der Waals surface area contributed by atoms with E-state index in [2.05, 4.69) is 15.4 Å². The fraction of sp³-hybridized carbons (Fsp3) is 0.667. The highest BCUT2D eigenvalue weighted by atomic mass is 32.9. The third-order valence-corrected chi connectivity index (χ3v) is 1.41. The Morgan fingerprint density at radius 3 is 2.55 bits per heavy atom. The smallest absolute Gasteiger partial charge is 0.408 e. The topological polar surface area (TPSA) is 87.1 Å². The molecule has 1 amide bonds. The van der Waals surface area contributed by atoms with Crippen molar-refractivity contribution in [3.8, 4) is 0 Å². The van der Waals surface area contributed by atoms with Crippen molar-refractivity contribution in [3.63, 3.8) is 0 Å². The van der Waals surface area contributed by atoms with Gasteiger partial charge in [-0.15, -0.1) is 0 Å². The number of carboxylic acid groups (broad SMARTS) is 1. The summed E-state index contributed by atoms with van der Waals surface area (Å²) in [5.74, 6) is 0. The molecule has 0 aromatic heterocycles. The predicted octanol–water partition coefficient (Wildman–Crippen LogP) is -0.295. The van der Waals surface area contributed by atoms with E-state index in [-0.39, 0.29) is 0 Å². The fourth-order valence-corrected chi connectivity index (χ4v) is 0.621. The molecule has 0 saturated heterocycles. The van der Waals surface area contributed by atoms with Crippen LogP contribution in [0.4, 0.5) is 4.79 Å². The Hall–Kier alpha value is -0.440. The predicted molar refractivity (Wildman–Crippen MR) is 39.9 cm³/mol. The maximum Gasteiger partial charge on any atom is 0.408 e. The van der Waals surface area contributed by atoms with E-state index < -0.39 is 21.9 Å². The van der Waals surface area contributed by atoms with E-state index in [1.165, 1.54) is 7.05 Å². The molecular weight excluding hydrogens is 194 g/mol. The molecule has 2 N–H and O–H groups in total. The van der Waals surface area contributed by atoms with E-state index in [4.69, 9.17) is 9.66 Å². The minimum Gasteiger partial charge on any atom is -0.465 e. The molecule has 0 aliphatic rings. The molecule has 0 aromatic rings. The van der Waals surface area contributed by atoms with Crippen molar-refractivity contribution in [2.24, 2.45) is 0 Å². The van der Waals surface area contributed by atoms with Gasteiger partial charge < -0.3 is 5.11 Å². The van der Waals surface area contributed by atoms with E-state index in [1.54, 1.807) is 0 Å². The first-order valence-corrected chi connectivity index (χ1v) is 4.75.